The van der Waals surface area contributed by atoms with E-state index < -0.39 is 15.9 Å². The second kappa shape index (κ2) is 9.45. The number of benzene rings is 2. The molecule has 2 aromatic carbocycles. The lowest BCUT2D eigenvalue weighted by molar-refractivity contribution is 0.103. The van der Waals surface area contributed by atoms with E-state index >= 15 is 0 Å². The maximum atomic E-state index is 13.2. The Morgan fingerprint density at radius 2 is 1.85 bits per heavy atom. The Hall–Kier alpha value is -4.03. The zero-order valence-electron chi connectivity index (χ0n) is 18.0. The van der Waals surface area contributed by atoms with Gasteiger partial charge in [-0.15, -0.1) is 0 Å². The highest BCUT2D eigenvalue weighted by Crippen LogP contribution is 2.28. The van der Waals surface area contributed by atoms with Crippen molar-refractivity contribution in [2.75, 3.05) is 17.7 Å². The molecular weight excluding hydrogens is 478 g/mol. The molecule has 174 valence electrons. The fourth-order valence-electron chi connectivity index (χ4n) is 3.12. The van der Waals surface area contributed by atoms with Gasteiger partial charge in [0.25, 0.3) is 9.84 Å². The maximum Gasteiger partial charge on any atom is 0.325 e. The van der Waals surface area contributed by atoms with E-state index in [4.69, 9.17) is 4.74 Å². The van der Waals surface area contributed by atoms with Crippen LogP contribution in [0.5, 0.6) is 5.75 Å². The van der Waals surface area contributed by atoms with Gasteiger partial charge in [0.2, 0.25) is 5.16 Å². The number of methoxy groups -OCH3 is 1. The van der Waals surface area contributed by atoms with Crippen molar-refractivity contribution < 1.29 is 22.7 Å². The normalized spacial score (nSPS) is 11.1. The number of aryl methyl sites for hydroxylation is 1. The number of rotatable bonds is 7. The van der Waals surface area contributed by atoms with Gasteiger partial charge in [0.15, 0.2) is 10.9 Å². The lowest BCUT2D eigenvalue weighted by Crippen LogP contribution is -2.21. The molecule has 0 saturated carbocycles. The van der Waals surface area contributed by atoms with E-state index in [1.54, 1.807) is 42.5 Å². The van der Waals surface area contributed by atoms with E-state index in [2.05, 4.69) is 25.6 Å². The van der Waals surface area contributed by atoms with Crippen LogP contribution in [-0.4, -0.2) is 42.3 Å². The minimum Gasteiger partial charge on any atom is -0.496 e. The predicted molar refractivity (Wildman–Crippen MR) is 126 cm³/mol. The summed E-state index contributed by atoms with van der Waals surface area (Å²) in [4.78, 5) is 36.1. The minimum atomic E-state index is -3.87. The molecule has 0 aliphatic heterocycles. The van der Waals surface area contributed by atoms with Crippen molar-refractivity contribution >= 4 is 43.8 Å². The summed E-state index contributed by atoms with van der Waals surface area (Å²) in [5, 5.41) is 4.98. The lowest BCUT2D eigenvalue weighted by Gasteiger charge is -2.13. The minimum absolute atomic E-state index is 0.0624. The summed E-state index contributed by atoms with van der Waals surface area (Å²) >= 11 is 0.777. The molecule has 0 radical (unpaired) electrons. The van der Waals surface area contributed by atoms with Gasteiger partial charge in [-0.05, 0) is 31.2 Å². The Labute approximate surface area is 199 Å². The van der Waals surface area contributed by atoms with Crippen LogP contribution in [0.2, 0.25) is 0 Å². The van der Waals surface area contributed by atoms with Crippen molar-refractivity contribution in [3.8, 4) is 5.75 Å². The number of ether oxygens (including phenoxy) is 1. The zero-order chi connectivity index (χ0) is 24.3. The number of H-pyrrole nitrogens is 1. The second-order valence-corrected chi connectivity index (χ2v) is 10.2. The number of imidazole rings is 1. The molecular formula is C22H19N5O5S2. The predicted octanol–water partition coefficient (Wildman–Crippen LogP) is 3.89. The monoisotopic (exact) mass is 497 g/mol. The largest absolute Gasteiger partial charge is 0.496 e. The van der Waals surface area contributed by atoms with Gasteiger partial charge in [0.05, 0.1) is 24.6 Å². The topological polar surface area (TPSA) is 143 Å². The summed E-state index contributed by atoms with van der Waals surface area (Å²) in [5.41, 5.74) is 1.74. The third-order valence-corrected chi connectivity index (χ3v) is 7.70. The van der Waals surface area contributed by atoms with E-state index in [-0.39, 0.29) is 31.5 Å². The zero-order valence-corrected chi connectivity index (χ0v) is 19.7. The Balaban J connectivity index is 1.55. The van der Waals surface area contributed by atoms with Crippen LogP contribution in [0.25, 0.3) is 0 Å². The summed E-state index contributed by atoms with van der Waals surface area (Å²) < 4.78 is 30.3. The van der Waals surface area contributed by atoms with Crippen molar-refractivity contribution in [3.63, 3.8) is 0 Å². The number of sulfone groups is 1. The van der Waals surface area contributed by atoms with Crippen LogP contribution in [0.15, 0.2) is 70.4 Å². The molecule has 0 bridgehead atoms. The smallest absolute Gasteiger partial charge is 0.325 e. The molecule has 0 aliphatic carbocycles. The van der Waals surface area contributed by atoms with Crippen LogP contribution < -0.4 is 15.4 Å². The van der Waals surface area contributed by atoms with E-state index in [9.17, 15) is 18.0 Å². The Kier molecular flexibility index (Phi) is 6.43. The highest BCUT2D eigenvalue weighted by molar-refractivity contribution is 7.93. The molecule has 10 nitrogen and oxygen atoms in total. The first-order valence-electron chi connectivity index (χ1n) is 9.86. The summed E-state index contributed by atoms with van der Waals surface area (Å²) in [7, 11) is -2.39. The van der Waals surface area contributed by atoms with Crippen LogP contribution in [-0.2, 0) is 9.84 Å². The molecule has 4 rings (SSSR count). The van der Waals surface area contributed by atoms with Gasteiger partial charge in [-0.2, -0.15) is 0 Å². The highest BCUT2D eigenvalue weighted by Gasteiger charge is 2.24. The van der Waals surface area contributed by atoms with Crippen molar-refractivity contribution in [3.05, 3.63) is 77.7 Å². The van der Waals surface area contributed by atoms with Crippen molar-refractivity contribution in [1.82, 2.24) is 15.0 Å². The number of aromatic nitrogens is 3. The number of nitrogens with zero attached hydrogens (tertiary/aromatic N) is 2. The number of ketones is 1. The van der Waals surface area contributed by atoms with E-state index in [0.717, 1.165) is 23.1 Å². The number of hydrogen-bond donors (Lipinski definition) is 3. The van der Waals surface area contributed by atoms with Crippen LogP contribution in [0.3, 0.4) is 0 Å². The molecule has 3 N–H and O–H groups in total. The van der Waals surface area contributed by atoms with E-state index in [1.807, 2.05) is 6.92 Å². The molecule has 2 aromatic heterocycles. The fourth-order valence-corrected chi connectivity index (χ4v) is 5.38. The molecule has 0 aliphatic rings. The van der Waals surface area contributed by atoms with Crippen molar-refractivity contribution in [1.29, 1.82) is 0 Å². The number of carbonyl (C=O) groups excluding carboxylic acids is 2. The van der Waals surface area contributed by atoms with Gasteiger partial charge in [-0.3, -0.25) is 10.1 Å². The van der Waals surface area contributed by atoms with Gasteiger partial charge in [0.1, 0.15) is 9.96 Å². The maximum absolute atomic E-state index is 13.2. The van der Waals surface area contributed by atoms with Crippen LogP contribution in [0.4, 0.5) is 15.6 Å². The summed E-state index contributed by atoms with van der Waals surface area (Å²) in [5.74, 6) is 0.0926. The van der Waals surface area contributed by atoms with Gasteiger partial charge in [-0.25, -0.2) is 23.2 Å². The summed E-state index contributed by atoms with van der Waals surface area (Å²) in [6.45, 7) is 1.83. The SMILES string of the molecule is COc1ccccc1C(=O)c1cc(C)ccc1NC(=O)Nc1ncc(S(=O)(=O)c2ncc[nH]2)s1. The number of amides is 2. The number of carbonyl (C=O) groups is 2. The first-order chi connectivity index (χ1) is 16.3. The first kappa shape index (κ1) is 23.1. The van der Waals surface area contributed by atoms with Crippen molar-refractivity contribution in [2.24, 2.45) is 0 Å². The van der Waals surface area contributed by atoms with Crippen LogP contribution in [0, 0.1) is 6.92 Å². The summed E-state index contributed by atoms with van der Waals surface area (Å²) in [6, 6.07) is 11.2. The number of thiazole rings is 1. The Morgan fingerprint density at radius 1 is 1.06 bits per heavy atom. The van der Waals surface area contributed by atoms with Crippen LogP contribution in [0.1, 0.15) is 21.5 Å². The molecule has 12 heteroatoms. The average molecular weight is 498 g/mol. The number of para-hydroxylation sites is 1. The van der Waals surface area contributed by atoms with Crippen LogP contribution >= 0.6 is 11.3 Å². The lowest BCUT2D eigenvalue weighted by atomic mass is 9.99. The van der Waals surface area contributed by atoms with Gasteiger partial charge < -0.3 is 15.0 Å². The van der Waals surface area contributed by atoms with E-state index in [0.29, 0.717) is 11.3 Å². The Bertz CT molecular complexity index is 1460. The fraction of sp³-hybridized carbons (Fsp3) is 0.0909. The summed E-state index contributed by atoms with van der Waals surface area (Å²) in [6.07, 6.45) is 3.86. The molecule has 0 atom stereocenters. The first-order valence-corrected chi connectivity index (χ1v) is 12.2. The molecule has 0 unspecified atom stereocenters. The molecule has 0 spiro atoms. The number of anilines is 2. The standard InChI is InChI=1S/C22H19N5O5S2/c1-13-7-8-16(15(11-13)19(28)14-5-3-4-6-17(14)32-2)26-20(29)27-21-25-12-18(33-21)34(30,31)22-23-9-10-24-22/h3-12H,1-2H3,(H,23,24)(H2,25,26,27,29). The number of nitrogens with one attached hydrogen (secondary N) is 3. The Morgan fingerprint density at radius 3 is 2.59 bits per heavy atom. The molecule has 2 amide bonds. The average Bonchev–Trinajstić information content (AvgIpc) is 3.53. The number of aromatic amines is 1. The third kappa shape index (κ3) is 4.67. The molecule has 34 heavy (non-hydrogen) atoms. The quantitative estimate of drug-likeness (QED) is 0.329. The number of hydrogen-bond acceptors (Lipinski definition) is 8. The molecule has 0 fully saturated rings. The number of urea groups is 1. The molecule has 4 aromatic rings. The van der Waals surface area contributed by atoms with Gasteiger partial charge in [0, 0.05) is 18.0 Å². The third-order valence-electron chi connectivity index (χ3n) is 4.72. The van der Waals surface area contributed by atoms with Crippen molar-refractivity contribution in [2.45, 2.75) is 16.3 Å². The van der Waals surface area contributed by atoms with E-state index in [1.165, 1.54) is 19.5 Å². The second-order valence-electron chi connectivity index (χ2n) is 7.04. The molecule has 2 heterocycles. The van der Waals surface area contributed by atoms with Gasteiger partial charge >= 0.3 is 6.03 Å². The highest BCUT2D eigenvalue weighted by atomic mass is 32.2. The van der Waals surface area contributed by atoms with Gasteiger partial charge in [-0.1, -0.05) is 35.1 Å². The molecule has 0 saturated heterocycles.